The Hall–Kier alpha value is -2.56. The molecule has 4 rings (SSSR count). The zero-order chi connectivity index (χ0) is 20.9. The number of piperazine rings is 1. The molecule has 2 heterocycles. The highest BCUT2D eigenvalue weighted by Crippen LogP contribution is 2.36. The third kappa shape index (κ3) is 4.61. The second kappa shape index (κ2) is 9.50. The minimum Gasteiger partial charge on any atom is -0.497 e. The van der Waals surface area contributed by atoms with Gasteiger partial charge in [0.25, 0.3) is 5.91 Å². The van der Waals surface area contributed by atoms with Gasteiger partial charge in [0.2, 0.25) is 0 Å². The first-order valence-electron chi connectivity index (χ1n) is 10.7. The number of carbonyl (C=O) groups is 1. The zero-order valence-corrected chi connectivity index (χ0v) is 18.3. The van der Waals surface area contributed by atoms with Gasteiger partial charge in [-0.2, -0.15) is 5.26 Å². The molecular weight excluding hydrogens is 396 g/mol. The molecule has 2 aliphatic rings. The SMILES string of the molecule is COc1ccc(N2CC[NH+](CC(=O)Nc3sc4c(c3C#N)CCCCC4)CC2)cc1. The van der Waals surface area contributed by atoms with Crippen molar-refractivity contribution in [1.82, 2.24) is 0 Å². The lowest BCUT2D eigenvalue weighted by atomic mass is 10.1. The van der Waals surface area contributed by atoms with Crippen LogP contribution in [-0.2, 0) is 17.6 Å². The highest BCUT2D eigenvalue weighted by Gasteiger charge is 2.25. The molecular formula is C23H29N4O2S+. The number of carbonyl (C=O) groups excluding carboxylic acids is 1. The van der Waals surface area contributed by atoms with Crippen molar-refractivity contribution in [1.29, 1.82) is 5.26 Å². The van der Waals surface area contributed by atoms with Crippen LogP contribution < -0.4 is 19.9 Å². The molecule has 1 fully saturated rings. The minimum absolute atomic E-state index is 0.0100. The summed E-state index contributed by atoms with van der Waals surface area (Å²) in [4.78, 5) is 17.6. The Bertz CT molecular complexity index is 924. The van der Waals surface area contributed by atoms with Crippen LogP contribution in [0, 0.1) is 11.3 Å². The molecule has 0 radical (unpaired) electrons. The topological polar surface area (TPSA) is 69.8 Å². The molecule has 158 valence electrons. The molecule has 1 aromatic heterocycles. The molecule has 0 saturated carbocycles. The first kappa shape index (κ1) is 20.7. The van der Waals surface area contributed by atoms with E-state index in [1.165, 1.54) is 33.9 Å². The molecule has 7 heteroatoms. The summed E-state index contributed by atoms with van der Waals surface area (Å²) in [5.41, 5.74) is 3.07. The number of benzene rings is 1. The van der Waals surface area contributed by atoms with Crippen molar-refractivity contribution in [2.45, 2.75) is 32.1 Å². The van der Waals surface area contributed by atoms with Gasteiger partial charge in [-0.05, 0) is 55.5 Å². The summed E-state index contributed by atoms with van der Waals surface area (Å²) < 4.78 is 5.23. The van der Waals surface area contributed by atoms with Gasteiger partial charge in [0, 0.05) is 10.6 Å². The molecule has 1 saturated heterocycles. The van der Waals surface area contributed by atoms with Crippen LogP contribution >= 0.6 is 11.3 Å². The van der Waals surface area contributed by atoms with Crippen LogP contribution in [0.4, 0.5) is 10.7 Å². The zero-order valence-electron chi connectivity index (χ0n) is 17.5. The number of rotatable bonds is 5. The van der Waals surface area contributed by atoms with E-state index in [4.69, 9.17) is 4.74 Å². The van der Waals surface area contributed by atoms with E-state index in [1.807, 2.05) is 12.1 Å². The van der Waals surface area contributed by atoms with Gasteiger partial charge in [-0.3, -0.25) is 4.79 Å². The second-order valence-corrected chi connectivity index (χ2v) is 9.15. The third-order valence-corrected chi connectivity index (χ3v) is 7.31. The van der Waals surface area contributed by atoms with Gasteiger partial charge in [0.1, 0.15) is 16.8 Å². The van der Waals surface area contributed by atoms with E-state index in [9.17, 15) is 10.1 Å². The fourth-order valence-corrected chi connectivity index (χ4v) is 5.65. The number of nitrogens with one attached hydrogen (secondary N) is 2. The summed E-state index contributed by atoms with van der Waals surface area (Å²) in [7, 11) is 1.68. The Kier molecular flexibility index (Phi) is 6.56. The number of thiophene rings is 1. The van der Waals surface area contributed by atoms with Crippen LogP contribution in [0.25, 0.3) is 0 Å². The highest BCUT2D eigenvalue weighted by atomic mass is 32.1. The van der Waals surface area contributed by atoms with E-state index in [0.717, 1.165) is 56.2 Å². The number of nitriles is 1. The number of fused-ring (bicyclic) bond motifs is 1. The van der Waals surface area contributed by atoms with Crippen LogP contribution in [0.1, 0.15) is 35.3 Å². The number of hydrogen-bond acceptors (Lipinski definition) is 5. The first-order chi connectivity index (χ1) is 14.7. The number of quaternary nitrogens is 1. The molecule has 0 atom stereocenters. The summed E-state index contributed by atoms with van der Waals surface area (Å²) in [5.74, 6) is 0.873. The van der Waals surface area contributed by atoms with E-state index >= 15 is 0 Å². The summed E-state index contributed by atoms with van der Waals surface area (Å²) in [6, 6.07) is 10.5. The van der Waals surface area contributed by atoms with Gasteiger partial charge in [-0.1, -0.05) is 6.42 Å². The predicted molar refractivity (Wildman–Crippen MR) is 120 cm³/mol. The van der Waals surface area contributed by atoms with Crippen molar-refractivity contribution in [2.24, 2.45) is 0 Å². The van der Waals surface area contributed by atoms with Crippen LogP contribution in [-0.4, -0.2) is 45.7 Å². The molecule has 1 aromatic carbocycles. The smallest absolute Gasteiger partial charge is 0.280 e. The maximum Gasteiger partial charge on any atom is 0.280 e. The Balaban J connectivity index is 1.32. The predicted octanol–water partition coefficient (Wildman–Crippen LogP) is 2.24. The second-order valence-electron chi connectivity index (χ2n) is 8.04. The van der Waals surface area contributed by atoms with E-state index in [1.54, 1.807) is 18.4 Å². The molecule has 1 amide bonds. The summed E-state index contributed by atoms with van der Waals surface area (Å²) in [5, 5.41) is 13.5. The molecule has 1 aliphatic carbocycles. The standard InChI is InChI=1S/C23H28N4O2S/c1-29-18-9-7-17(8-10-18)27-13-11-26(12-14-27)16-22(28)25-23-20(15-24)19-5-3-2-4-6-21(19)30-23/h7-10H,2-6,11-14,16H2,1H3,(H,25,28)/p+1. The van der Waals surface area contributed by atoms with Crippen LogP contribution in [0.3, 0.4) is 0 Å². The largest absolute Gasteiger partial charge is 0.497 e. The number of aryl methyl sites for hydroxylation is 1. The lowest BCUT2D eigenvalue weighted by Gasteiger charge is -2.33. The molecule has 2 N–H and O–H groups in total. The molecule has 0 unspecified atom stereocenters. The van der Waals surface area contributed by atoms with Crippen LogP contribution in [0.5, 0.6) is 5.75 Å². The number of amides is 1. The average Bonchev–Trinajstić information content (AvgIpc) is 2.93. The highest BCUT2D eigenvalue weighted by molar-refractivity contribution is 7.16. The first-order valence-corrected chi connectivity index (χ1v) is 11.6. The van der Waals surface area contributed by atoms with Gasteiger partial charge < -0.3 is 19.9 Å². The molecule has 6 nitrogen and oxygen atoms in total. The van der Waals surface area contributed by atoms with Gasteiger partial charge >= 0.3 is 0 Å². The van der Waals surface area contributed by atoms with Crippen molar-refractivity contribution in [3.8, 4) is 11.8 Å². The van der Waals surface area contributed by atoms with E-state index < -0.39 is 0 Å². The number of methoxy groups -OCH3 is 1. The third-order valence-electron chi connectivity index (χ3n) is 6.10. The lowest BCUT2D eigenvalue weighted by Crippen LogP contribution is -3.15. The van der Waals surface area contributed by atoms with E-state index in [0.29, 0.717) is 12.1 Å². The van der Waals surface area contributed by atoms with Crippen molar-refractivity contribution < 1.29 is 14.4 Å². The Morgan fingerprint density at radius 3 is 2.63 bits per heavy atom. The van der Waals surface area contributed by atoms with Crippen LogP contribution in [0.15, 0.2) is 24.3 Å². The summed E-state index contributed by atoms with van der Waals surface area (Å²) in [6.07, 6.45) is 5.52. The number of ether oxygens (including phenoxy) is 1. The average molecular weight is 426 g/mol. The van der Waals surface area contributed by atoms with Crippen molar-refractivity contribution in [3.05, 3.63) is 40.3 Å². The normalized spacial score (nSPS) is 17.0. The summed E-state index contributed by atoms with van der Waals surface area (Å²) >= 11 is 1.61. The van der Waals surface area contributed by atoms with Crippen molar-refractivity contribution in [3.63, 3.8) is 0 Å². The summed E-state index contributed by atoms with van der Waals surface area (Å²) in [6.45, 7) is 4.14. The maximum absolute atomic E-state index is 12.7. The van der Waals surface area contributed by atoms with Gasteiger partial charge in [-0.25, -0.2) is 0 Å². The number of nitrogens with zero attached hydrogens (tertiary/aromatic N) is 2. The van der Waals surface area contributed by atoms with Crippen molar-refractivity contribution >= 4 is 27.9 Å². The Labute approximate surface area is 182 Å². The van der Waals surface area contributed by atoms with Crippen LogP contribution in [0.2, 0.25) is 0 Å². The monoisotopic (exact) mass is 425 g/mol. The molecule has 0 spiro atoms. The van der Waals surface area contributed by atoms with Gasteiger partial charge in [-0.15, -0.1) is 11.3 Å². The molecule has 2 aromatic rings. The van der Waals surface area contributed by atoms with Gasteiger partial charge in [0.05, 0.1) is 38.9 Å². The Morgan fingerprint density at radius 2 is 1.93 bits per heavy atom. The lowest BCUT2D eigenvalue weighted by molar-refractivity contribution is -0.892. The number of anilines is 2. The quantitative estimate of drug-likeness (QED) is 0.721. The molecule has 1 aliphatic heterocycles. The van der Waals surface area contributed by atoms with Gasteiger partial charge in [0.15, 0.2) is 6.54 Å². The van der Waals surface area contributed by atoms with E-state index in [-0.39, 0.29) is 5.91 Å². The fourth-order valence-electron chi connectivity index (χ4n) is 4.40. The number of hydrogen-bond donors (Lipinski definition) is 2. The molecule has 0 bridgehead atoms. The van der Waals surface area contributed by atoms with E-state index in [2.05, 4.69) is 28.4 Å². The maximum atomic E-state index is 12.7. The molecule has 30 heavy (non-hydrogen) atoms. The minimum atomic E-state index is 0.0100. The fraction of sp³-hybridized carbons (Fsp3) is 0.478. The van der Waals surface area contributed by atoms with Crippen molar-refractivity contribution in [2.75, 3.05) is 50.1 Å². The Morgan fingerprint density at radius 1 is 1.20 bits per heavy atom.